The molecule has 184 valence electrons. The van der Waals surface area contributed by atoms with E-state index in [1.807, 2.05) is 19.1 Å². The van der Waals surface area contributed by atoms with Gasteiger partial charge >= 0.3 is 0 Å². The summed E-state index contributed by atoms with van der Waals surface area (Å²) < 4.78 is 28.0. The summed E-state index contributed by atoms with van der Waals surface area (Å²) in [7, 11) is -4.05. The van der Waals surface area contributed by atoms with Gasteiger partial charge in [-0.15, -0.1) is 0 Å². The second-order valence-electron chi connectivity index (χ2n) is 8.53. The van der Waals surface area contributed by atoms with Gasteiger partial charge in [0.2, 0.25) is 5.91 Å². The fourth-order valence-electron chi connectivity index (χ4n) is 4.17. The minimum Gasteiger partial charge on any atom is -0.372 e. The summed E-state index contributed by atoms with van der Waals surface area (Å²) in [5, 5.41) is 3.46. The summed E-state index contributed by atoms with van der Waals surface area (Å²) in [6, 6.07) is 20.2. The van der Waals surface area contributed by atoms with Crippen LogP contribution < -0.4 is 14.5 Å². The molecule has 6 nitrogen and oxygen atoms in total. The van der Waals surface area contributed by atoms with Gasteiger partial charge in [0.25, 0.3) is 10.0 Å². The van der Waals surface area contributed by atoms with Crippen LogP contribution in [0.15, 0.2) is 77.7 Å². The van der Waals surface area contributed by atoms with Crippen LogP contribution in [0.2, 0.25) is 10.0 Å². The molecular formula is C26H27Cl2N3O3S. The Balaban J connectivity index is 1.54. The number of carbonyl (C=O) groups is 1. The molecule has 1 aliphatic heterocycles. The number of nitrogens with one attached hydrogen (secondary N) is 1. The van der Waals surface area contributed by atoms with Crippen LogP contribution in [0, 0.1) is 0 Å². The van der Waals surface area contributed by atoms with Crippen LogP contribution in [0.5, 0.6) is 0 Å². The molecule has 0 radical (unpaired) electrons. The Bertz CT molecular complexity index is 1260. The normalized spacial score (nSPS) is 14.5. The van der Waals surface area contributed by atoms with Gasteiger partial charge in [0.05, 0.1) is 16.6 Å². The lowest BCUT2D eigenvalue weighted by molar-refractivity contribution is -0.120. The largest absolute Gasteiger partial charge is 0.372 e. The van der Waals surface area contributed by atoms with Gasteiger partial charge in [-0.1, -0.05) is 53.5 Å². The van der Waals surface area contributed by atoms with Crippen molar-refractivity contribution >= 4 is 50.5 Å². The number of rotatable bonds is 8. The summed E-state index contributed by atoms with van der Waals surface area (Å²) in [5.74, 6) is -0.447. The molecule has 0 spiro atoms. The molecule has 9 heteroatoms. The fraction of sp³-hybridized carbons (Fsp3) is 0.269. The van der Waals surface area contributed by atoms with E-state index in [9.17, 15) is 13.2 Å². The van der Waals surface area contributed by atoms with Gasteiger partial charge in [0.1, 0.15) is 6.54 Å². The number of carbonyl (C=O) groups excluding carboxylic acids is 1. The molecule has 0 aliphatic carbocycles. The van der Waals surface area contributed by atoms with E-state index in [-0.39, 0.29) is 26.7 Å². The zero-order valence-electron chi connectivity index (χ0n) is 19.3. The van der Waals surface area contributed by atoms with Gasteiger partial charge < -0.3 is 10.2 Å². The molecular weight excluding hydrogens is 505 g/mol. The van der Waals surface area contributed by atoms with E-state index in [1.54, 1.807) is 18.2 Å². The maximum Gasteiger partial charge on any atom is 0.264 e. The first-order chi connectivity index (χ1) is 16.7. The zero-order valence-corrected chi connectivity index (χ0v) is 21.7. The van der Waals surface area contributed by atoms with E-state index in [0.717, 1.165) is 23.0 Å². The number of benzene rings is 3. The minimum absolute atomic E-state index is 0.0643. The Labute approximate surface area is 216 Å². The predicted octanol–water partition coefficient (Wildman–Crippen LogP) is 5.67. The lowest BCUT2D eigenvalue weighted by atomic mass is 10.1. The molecule has 1 unspecified atom stereocenters. The van der Waals surface area contributed by atoms with Crippen molar-refractivity contribution in [3.05, 3.63) is 88.4 Å². The van der Waals surface area contributed by atoms with Gasteiger partial charge in [0.15, 0.2) is 0 Å². The van der Waals surface area contributed by atoms with E-state index in [0.29, 0.717) is 0 Å². The molecule has 1 heterocycles. The molecule has 0 saturated carbocycles. The molecule has 4 rings (SSSR count). The molecule has 1 saturated heterocycles. The molecule has 1 aliphatic rings. The van der Waals surface area contributed by atoms with Crippen molar-refractivity contribution < 1.29 is 13.2 Å². The number of nitrogens with zero attached hydrogens (tertiary/aromatic N) is 2. The molecule has 1 amide bonds. The van der Waals surface area contributed by atoms with Gasteiger partial charge in [-0.3, -0.25) is 9.10 Å². The van der Waals surface area contributed by atoms with Crippen LogP contribution >= 0.6 is 23.2 Å². The predicted molar refractivity (Wildman–Crippen MR) is 142 cm³/mol. The van der Waals surface area contributed by atoms with Crippen molar-refractivity contribution in [2.24, 2.45) is 0 Å². The van der Waals surface area contributed by atoms with Crippen molar-refractivity contribution in [1.29, 1.82) is 0 Å². The van der Waals surface area contributed by atoms with E-state index in [2.05, 4.69) is 22.3 Å². The van der Waals surface area contributed by atoms with Crippen molar-refractivity contribution in [3.8, 4) is 0 Å². The highest BCUT2D eigenvalue weighted by molar-refractivity contribution is 7.92. The number of amides is 1. The molecule has 3 aromatic carbocycles. The van der Waals surface area contributed by atoms with E-state index < -0.39 is 22.5 Å². The second-order valence-corrected chi connectivity index (χ2v) is 11.3. The molecule has 0 bridgehead atoms. The summed E-state index contributed by atoms with van der Waals surface area (Å²) >= 11 is 12.3. The highest BCUT2D eigenvalue weighted by Crippen LogP contribution is 2.30. The van der Waals surface area contributed by atoms with Crippen molar-refractivity contribution in [2.75, 3.05) is 28.8 Å². The molecule has 1 atom stereocenters. The lowest BCUT2D eigenvalue weighted by Gasteiger charge is -2.25. The van der Waals surface area contributed by atoms with Gasteiger partial charge in [-0.25, -0.2) is 8.42 Å². The molecule has 3 aromatic rings. The van der Waals surface area contributed by atoms with E-state index >= 15 is 0 Å². The average molecular weight is 532 g/mol. The average Bonchev–Trinajstić information content (AvgIpc) is 3.37. The van der Waals surface area contributed by atoms with Crippen LogP contribution in [0.1, 0.15) is 31.4 Å². The molecule has 1 N–H and O–H groups in total. The van der Waals surface area contributed by atoms with Crippen LogP contribution in [-0.2, 0) is 14.8 Å². The fourth-order valence-corrected chi connectivity index (χ4v) is 6.11. The number of anilines is 2. The van der Waals surface area contributed by atoms with Crippen LogP contribution in [-0.4, -0.2) is 34.0 Å². The first kappa shape index (κ1) is 25.4. The first-order valence-corrected chi connectivity index (χ1v) is 13.6. The van der Waals surface area contributed by atoms with Crippen LogP contribution in [0.4, 0.5) is 11.4 Å². The van der Waals surface area contributed by atoms with Crippen LogP contribution in [0.3, 0.4) is 0 Å². The number of halogens is 2. The Morgan fingerprint density at radius 3 is 2.17 bits per heavy atom. The maximum atomic E-state index is 13.5. The Morgan fingerprint density at radius 2 is 1.57 bits per heavy atom. The summed E-state index contributed by atoms with van der Waals surface area (Å²) in [4.78, 5) is 15.5. The Hall–Kier alpha value is -2.74. The molecule has 35 heavy (non-hydrogen) atoms. The van der Waals surface area contributed by atoms with Crippen LogP contribution in [0.25, 0.3) is 0 Å². The van der Waals surface area contributed by atoms with Crippen molar-refractivity contribution in [3.63, 3.8) is 0 Å². The molecule has 1 fully saturated rings. The van der Waals surface area contributed by atoms with E-state index in [4.69, 9.17) is 23.2 Å². The van der Waals surface area contributed by atoms with Gasteiger partial charge in [-0.05, 0) is 67.8 Å². The standard InChI is InChI=1S/C26H27Cl2N3O3S/c1-19(20-9-11-23(12-10-20)30-13-5-6-14-30)29-26(32)18-31(24-16-21(27)15-22(28)17-24)35(33,34)25-7-3-2-4-8-25/h2-4,7-12,15-17,19H,5-6,13-14,18H2,1H3,(H,29,32). The quantitative estimate of drug-likeness (QED) is 0.406. The Kier molecular flexibility index (Phi) is 7.89. The number of hydrogen-bond donors (Lipinski definition) is 1. The SMILES string of the molecule is CC(NC(=O)CN(c1cc(Cl)cc(Cl)c1)S(=O)(=O)c1ccccc1)c1ccc(N2CCCC2)cc1. The highest BCUT2D eigenvalue weighted by Gasteiger charge is 2.28. The third-order valence-electron chi connectivity index (χ3n) is 6.00. The lowest BCUT2D eigenvalue weighted by Crippen LogP contribution is -2.41. The maximum absolute atomic E-state index is 13.5. The molecule has 0 aromatic heterocycles. The Morgan fingerprint density at radius 1 is 0.971 bits per heavy atom. The van der Waals surface area contributed by atoms with Crippen molar-refractivity contribution in [1.82, 2.24) is 5.32 Å². The zero-order chi connectivity index (χ0) is 25.0. The third kappa shape index (κ3) is 6.10. The number of hydrogen-bond acceptors (Lipinski definition) is 4. The highest BCUT2D eigenvalue weighted by atomic mass is 35.5. The topological polar surface area (TPSA) is 69.7 Å². The first-order valence-electron chi connectivity index (χ1n) is 11.4. The van der Waals surface area contributed by atoms with Gasteiger partial charge in [0, 0.05) is 28.8 Å². The van der Waals surface area contributed by atoms with Gasteiger partial charge in [-0.2, -0.15) is 0 Å². The smallest absolute Gasteiger partial charge is 0.264 e. The second kappa shape index (κ2) is 10.9. The van der Waals surface area contributed by atoms with Crippen molar-refractivity contribution in [2.45, 2.75) is 30.7 Å². The summed E-state index contributed by atoms with van der Waals surface area (Å²) in [6.07, 6.45) is 2.41. The summed E-state index contributed by atoms with van der Waals surface area (Å²) in [5.41, 5.74) is 2.32. The summed E-state index contributed by atoms with van der Waals surface area (Å²) in [6.45, 7) is 3.56. The monoisotopic (exact) mass is 531 g/mol. The number of sulfonamides is 1. The third-order valence-corrected chi connectivity index (χ3v) is 8.22. The minimum atomic E-state index is -4.05. The van der Waals surface area contributed by atoms with E-state index in [1.165, 1.54) is 48.9 Å².